The summed E-state index contributed by atoms with van der Waals surface area (Å²) in [5, 5.41) is 0. The Bertz CT molecular complexity index is 13.2. The van der Waals surface area contributed by atoms with Gasteiger partial charge in [0.15, 0.2) is 0 Å². The summed E-state index contributed by atoms with van der Waals surface area (Å²) < 4.78 is 0. The molecule has 0 aliphatic rings. The molecule has 0 fully saturated rings. The van der Waals surface area contributed by atoms with Gasteiger partial charge in [-0.3, -0.25) is 0 Å². The molecular weight excluding hydrogens is 456 g/mol. The van der Waals surface area contributed by atoms with Crippen LogP contribution in [0.15, 0.2) is 0 Å². The van der Waals surface area contributed by atoms with Crippen molar-refractivity contribution in [3.63, 3.8) is 0 Å². The van der Waals surface area contributed by atoms with Crippen molar-refractivity contribution in [1.82, 2.24) is 0 Å². The maximum atomic E-state index is 2.18. The molecule has 0 radical (unpaired) electrons. The molecule has 0 heterocycles. The molecule has 0 unspecified atom stereocenters. The van der Waals surface area contributed by atoms with Gasteiger partial charge in [-0.2, -0.15) is 0 Å². The van der Waals surface area contributed by atoms with Gasteiger partial charge in [0.2, 0.25) is 0 Å². The molecule has 0 N–H and O–H groups in total. The molecule has 0 aromatic heterocycles. The first-order valence-corrected chi connectivity index (χ1v) is 1.91. The Hall–Kier alpha value is 2.72. The molecule has 0 rings (SSSR count). The maximum absolute atomic E-state index is 2.18. The van der Waals surface area contributed by atoms with Crippen molar-refractivity contribution in [3.8, 4) is 0 Å². The third-order valence-electron chi connectivity index (χ3n) is 0.500. The monoisotopic (exact) mass is 466 g/mol. The van der Waals surface area contributed by atoms with Gasteiger partial charge < -0.3 is 71.9 Å². The van der Waals surface area contributed by atoms with Crippen molar-refractivity contribution in [2.24, 2.45) is 0 Å². The number of halogens is 3. The van der Waals surface area contributed by atoms with Crippen LogP contribution < -0.4 is 71.9 Å². The molecule has 0 atom stereocenters. The van der Waals surface area contributed by atoms with Crippen LogP contribution >= 0.6 is 0 Å². The Morgan fingerprint density at radius 1 is 0.750 bits per heavy atom. The second kappa shape index (κ2) is 33.2. The predicted octanol–water partition coefficient (Wildman–Crippen LogP) is -7.56. The normalized spacial score (nSPS) is 3.75. The van der Waals surface area contributed by atoms with Gasteiger partial charge >= 0.3 is 17.4 Å². The van der Waals surface area contributed by atoms with Gasteiger partial charge in [-0.25, -0.2) is 0 Å². The molecule has 0 aliphatic carbocycles. The zero-order valence-electron chi connectivity index (χ0n) is 5.13. The molecule has 0 saturated heterocycles. The Morgan fingerprint density at radius 3 is 0.875 bits per heavy atom. The minimum absolute atomic E-state index is 0. The number of rotatable bonds is 1. The summed E-state index contributed by atoms with van der Waals surface area (Å²) in [6, 6.07) is 0. The smallest absolute Gasteiger partial charge is 1.00 e. The van der Waals surface area contributed by atoms with E-state index in [0.717, 1.165) is 0 Å². The van der Waals surface area contributed by atoms with Crippen LogP contribution in [0.2, 0.25) is 0 Å². The SMILES string of the molecule is CCCC.[Al+3].[I-].[I-].[I-]. The van der Waals surface area contributed by atoms with Crippen LogP contribution in [-0.4, -0.2) is 17.4 Å². The summed E-state index contributed by atoms with van der Waals surface area (Å²) in [5.74, 6) is 0. The molecule has 0 aromatic rings. The van der Waals surface area contributed by atoms with Crippen LogP contribution in [0.4, 0.5) is 0 Å². The second-order valence-electron chi connectivity index (χ2n) is 1.000. The zero-order valence-corrected chi connectivity index (χ0v) is 12.8. The molecule has 0 bridgehead atoms. The van der Waals surface area contributed by atoms with E-state index >= 15 is 0 Å². The summed E-state index contributed by atoms with van der Waals surface area (Å²) in [6.07, 6.45) is 2.64. The van der Waals surface area contributed by atoms with E-state index in [-0.39, 0.29) is 89.3 Å². The van der Waals surface area contributed by atoms with E-state index in [2.05, 4.69) is 13.8 Å². The minimum Gasteiger partial charge on any atom is -1.00 e. The fourth-order valence-corrected chi connectivity index (χ4v) is 0. The van der Waals surface area contributed by atoms with Gasteiger partial charge in [0, 0.05) is 0 Å². The molecule has 0 spiro atoms. The second-order valence-corrected chi connectivity index (χ2v) is 1.000. The number of hydrogen-bond acceptors (Lipinski definition) is 0. The van der Waals surface area contributed by atoms with Crippen molar-refractivity contribution in [1.29, 1.82) is 0 Å². The number of hydrogen-bond donors (Lipinski definition) is 0. The summed E-state index contributed by atoms with van der Waals surface area (Å²) >= 11 is 0. The van der Waals surface area contributed by atoms with Crippen LogP contribution in [0.25, 0.3) is 0 Å². The van der Waals surface area contributed by atoms with E-state index in [9.17, 15) is 0 Å². The van der Waals surface area contributed by atoms with Gasteiger partial charge in [0.1, 0.15) is 0 Å². The van der Waals surface area contributed by atoms with E-state index in [4.69, 9.17) is 0 Å². The van der Waals surface area contributed by atoms with Crippen LogP contribution in [0.3, 0.4) is 0 Å². The van der Waals surface area contributed by atoms with Gasteiger partial charge in [-0.1, -0.05) is 26.7 Å². The number of unbranched alkanes of at least 4 members (excludes halogenated alkanes) is 1. The van der Waals surface area contributed by atoms with Crippen molar-refractivity contribution >= 4 is 17.4 Å². The predicted molar refractivity (Wildman–Crippen MR) is 26.3 cm³/mol. The van der Waals surface area contributed by atoms with E-state index < -0.39 is 0 Å². The molecular formula is C4H10AlI3. The third kappa shape index (κ3) is 37.5. The Morgan fingerprint density at radius 2 is 0.875 bits per heavy atom. The average molecular weight is 466 g/mol. The van der Waals surface area contributed by atoms with Crippen molar-refractivity contribution in [2.75, 3.05) is 0 Å². The molecule has 4 heteroatoms. The van der Waals surface area contributed by atoms with E-state index in [0.29, 0.717) is 0 Å². The quantitative estimate of drug-likeness (QED) is 0.267. The van der Waals surface area contributed by atoms with Gasteiger partial charge in [-0.15, -0.1) is 0 Å². The molecule has 50 valence electrons. The van der Waals surface area contributed by atoms with Crippen LogP contribution in [0.1, 0.15) is 26.7 Å². The van der Waals surface area contributed by atoms with Crippen molar-refractivity contribution < 1.29 is 71.9 Å². The fourth-order valence-electron chi connectivity index (χ4n) is 0. The summed E-state index contributed by atoms with van der Waals surface area (Å²) in [6.45, 7) is 4.36. The molecule has 8 heavy (non-hydrogen) atoms. The summed E-state index contributed by atoms with van der Waals surface area (Å²) in [4.78, 5) is 0. The largest absolute Gasteiger partial charge is 3.00 e. The zero-order chi connectivity index (χ0) is 3.41. The fraction of sp³-hybridized carbons (Fsp3) is 1.00. The van der Waals surface area contributed by atoms with Crippen LogP contribution in [0, 0.1) is 0 Å². The van der Waals surface area contributed by atoms with Gasteiger partial charge in [0.25, 0.3) is 0 Å². The third-order valence-corrected chi connectivity index (χ3v) is 0.500. The molecule has 0 nitrogen and oxygen atoms in total. The van der Waals surface area contributed by atoms with E-state index in [1.807, 2.05) is 0 Å². The molecule has 0 aromatic carbocycles. The van der Waals surface area contributed by atoms with Crippen molar-refractivity contribution in [2.45, 2.75) is 26.7 Å². The molecule has 0 saturated carbocycles. The van der Waals surface area contributed by atoms with E-state index in [1.54, 1.807) is 0 Å². The first-order valence-electron chi connectivity index (χ1n) is 1.91. The Kier molecular flexibility index (Phi) is 128. The van der Waals surface area contributed by atoms with Gasteiger partial charge in [-0.05, 0) is 0 Å². The van der Waals surface area contributed by atoms with Gasteiger partial charge in [0.05, 0.1) is 0 Å². The summed E-state index contributed by atoms with van der Waals surface area (Å²) in [5.41, 5.74) is 0. The standard InChI is InChI=1S/C4H10.Al.3HI/c1-3-4-2;;;;/h3-4H2,1-2H3;;3*1H/q;+3;;;/p-3. The van der Waals surface area contributed by atoms with Crippen LogP contribution in [0.5, 0.6) is 0 Å². The minimum atomic E-state index is 0. The molecule has 0 aliphatic heterocycles. The average Bonchev–Trinajstić information content (AvgIpc) is 1.37. The van der Waals surface area contributed by atoms with Crippen molar-refractivity contribution in [3.05, 3.63) is 0 Å². The van der Waals surface area contributed by atoms with E-state index in [1.165, 1.54) is 12.8 Å². The molecule has 0 amide bonds. The Balaban J connectivity index is -0.00000000750. The Labute approximate surface area is 114 Å². The first kappa shape index (κ1) is 31.0. The van der Waals surface area contributed by atoms with Crippen LogP contribution in [-0.2, 0) is 0 Å². The summed E-state index contributed by atoms with van der Waals surface area (Å²) in [7, 11) is 0. The maximum Gasteiger partial charge on any atom is 3.00 e. The first-order chi connectivity index (χ1) is 1.91. The topological polar surface area (TPSA) is 0 Å².